The van der Waals surface area contributed by atoms with E-state index in [0.29, 0.717) is 11.1 Å². The summed E-state index contributed by atoms with van der Waals surface area (Å²) in [5.74, 6) is -0.827. The molecule has 0 bridgehead atoms. The van der Waals surface area contributed by atoms with Crippen LogP contribution in [-0.2, 0) is 26.0 Å². The lowest BCUT2D eigenvalue weighted by atomic mass is 9.78. The molecule has 0 saturated carbocycles. The lowest BCUT2D eigenvalue weighted by Crippen LogP contribution is -2.22. The fourth-order valence-electron chi connectivity index (χ4n) is 3.03. The molecule has 0 aliphatic carbocycles. The van der Waals surface area contributed by atoms with E-state index in [4.69, 9.17) is 5.14 Å². The number of benzene rings is 2. The number of anilines is 1. The Balaban J connectivity index is 2.63. The summed E-state index contributed by atoms with van der Waals surface area (Å²) in [5.41, 5.74) is -0.699. The van der Waals surface area contributed by atoms with Gasteiger partial charge >= 0.3 is 0 Å². The first-order valence-electron chi connectivity index (χ1n) is 9.41. The van der Waals surface area contributed by atoms with Crippen molar-refractivity contribution >= 4 is 27.3 Å². The molecule has 31 heavy (non-hydrogen) atoms. The molecule has 0 saturated heterocycles. The minimum absolute atomic E-state index is 0.155. The van der Waals surface area contributed by atoms with E-state index in [9.17, 15) is 28.4 Å². The molecule has 0 aromatic heterocycles. The van der Waals surface area contributed by atoms with Crippen LogP contribution in [0.1, 0.15) is 63.0 Å². The van der Waals surface area contributed by atoms with E-state index in [1.807, 2.05) is 41.5 Å². The first-order valence-corrected chi connectivity index (χ1v) is 11.0. The van der Waals surface area contributed by atoms with E-state index in [1.54, 1.807) is 0 Å². The van der Waals surface area contributed by atoms with Crippen molar-refractivity contribution < 1.29 is 23.2 Å². The number of sulfonamides is 1. The number of carbonyl (C=O) groups excluding carboxylic acids is 1. The Morgan fingerprint density at radius 2 is 1.48 bits per heavy atom. The molecule has 0 aliphatic heterocycles. The number of nitrogens with zero attached hydrogens (tertiary/aromatic N) is 1. The fraction of sp³-hybridized carbons (Fsp3) is 0.381. The van der Waals surface area contributed by atoms with Crippen LogP contribution in [0, 0.1) is 10.1 Å². The summed E-state index contributed by atoms with van der Waals surface area (Å²) >= 11 is 0. The highest BCUT2D eigenvalue weighted by atomic mass is 32.2. The number of nitrogens with one attached hydrogen (secondary N) is 1. The number of primary sulfonamides is 1. The van der Waals surface area contributed by atoms with Gasteiger partial charge in [-0.05, 0) is 29.0 Å². The SMILES string of the molecule is CC(C)(C)c1cc(C(=O)Nc2ccc([N+](=O)[O-])cc2S(N)(=O)=O)cc(C(C)(C)C)c1[O]. The van der Waals surface area contributed by atoms with Crippen LogP contribution in [0.15, 0.2) is 35.2 Å². The third kappa shape index (κ3) is 5.39. The van der Waals surface area contributed by atoms with Crippen molar-refractivity contribution in [3.8, 4) is 5.75 Å². The summed E-state index contributed by atoms with van der Waals surface area (Å²) in [6, 6.07) is 5.91. The highest BCUT2D eigenvalue weighted by Gasteiger charge is 2.29. The van der Waals surface area contributed by atoms with Crippen molar-refractivity contribution in [2.75, 3.05) is 5.32 Å². The third-order valence-electron chi connectivity index (χ3n) is 4.70. The van der Waals surface area contributed by atoms with E-state index in [-0.39, 0.29) is 17.0 Å². The quantitative estimate of drug-likeness (QED) is 0.529. The number of nitro benzene ring substituents is 1. The molecule has 9 nitrogen and oxygen atoms in total. The van der Waals surface area contributed by atoms with Crippen LogP contribution in [0.4, 0.5) is 11.4 Å². The van der Waals surface area contributed by atoms with Crippen LogP contribution in [0.2, 0.25) is 0 Å². The number of nitrogens with two attached hydrogens (primary N) is 1. The maximum atomic E-state index is 13.0. The summed E-state index contributed by atoms with van der Waals surface area (Å²) in [6.45, 7) is 11.1. The van der Waals surface area contributed by atoms with Gasteiger partial charge in [-0.1, -0.05) is 41.5 Å². The van der Waals surface area contributed by atoms with Gasteiger partial charge in [-0.2, -0.15) is 0 Å². The average Bonchev–Trinajstić information content (AvgIpc) is 2.58. The average molecular weight is 449 g/mol. The van der Waals surface area contributed by atoms with Gasteiger partial charge in [-0.25, -0.2) is 13.6 Å². The van der Waals surface area contributed by atoms with Crippen LogP contribution >= 0.6 is 0 Å². The monoisotopic (exact) mass is 448 g/mol. The van der Waals surface area contributed by atoms with Crippen molar-refractivity contribution in [1.29, 1.82) is 0 Å². The van der Waals surface area contributed by atoms with Gasteiger partial charge in [0.2, 0.25) is 10.0 Å². The Morgan fingerprint density at radius 3 is 1.87 bits per heavy atom. The molecule has 0 fully saturated rings. The van der Waals surface area contributed by atoms with E-state index in [2.05, 4.69) is 5.32 Å². The fourth-order valence-corrected chi connectivity index (χ4v) is 3.74. The molecule has 0 unspecified atom stereocenters. The number of nitro groups is 1. The van der Waals surface area contributed by atoms with Gasteiger partial charge in [0.15, 0.2) is 5.75 Å². The minimum atomic E-state index is -4.36. The molecule has 1 radical (unpaired) electrons. The molecule has 0 spiro atoms. The second kappa shape index (κ2) is 7.93. The minimum Gasteiger partial charge on any atom is -0.321 e. The Morgan fingerprint density at radius 1 is 1.00 bits per heavy atom. The summed E-state index contributed by atoms with van der Waals surface area (Å²) in [7, 11) is -4.36. The topological polar surface area (TPSA) is 152 Å². The number of hydrogen-bond acceptors (Lipinski definition) is 5. The molecule has 3 N–H and O–H groups in total. The highest BCUT2D eigenvalue weighted by Crippen LogP contribution is 2.40. The van der Waals surface area contributed by atoms with E-state index in [0.717, 1.165) is 18.2 Å². The molecule has 1 amide bonds. The molecule has 2 aromatic rings. The molecule has 167 valence electrons. The van der Waals surface area contributed by atoms with Gasteiger partial charge in [-0.3, -0.25) is 20.0 Å². The zero-order valence-electron chi connectivity index (χ0n) is 18.3. The van der Waals surface area contributed by atoms with Crippen molar-refractivity contribution in [1.82, 2.24) is 0 Å². The zero-order valence-corrected chi connectivity index (χ0v) is 19.1. The number of carbonyl (C=O) groups is 1. The highest BCUT2D eigenvalue weighted by molar-refractivity contribution is 7.89. The zero-order chi connectivity index (χ0) is 23.9. The Labute approximate surface area is 181 Å². The summed E-state index contributed by atoms with van der Waals surface area (Å²) in [4.78, 5) is 22.6. The standard InChI is InChI=1S/C21H26N3O6S/c1-20(2,3)14-9-12(10-15(18(14)25)21(4,5)6)19(26)23-16-8-7-13(24(27)28)11-17(16)31(22,29)30/h7-11H,1-6H3,(H,23,26)(H2,22,29,30). The molecule has 0 aliphatic rings. The molecule has 2 rings (SSSR count). The summed E-state index contributed by atoms with van der Waals surface area (Å²) in [5, 5.41) is 31.6. The van der Waals surface area contributed by atoms with E-state index in [1.165, 1.54) is 12.1 Å². The first kappa shape index (κ1) is 24.3. The molecule has 0 heterocycles. The van der Waals surface area contributed by atoms with Crippen molar-refractivity contribution in [2.45, 2.75) is 57.3 Å². The van der Waals surface area contributed by atoms with Gasteiger partial charge in [0, 0.05) is 28.8 Å². The predicted molar refractivity (Wildman–Crippen MR) is 116 cm³/mol. The summed E-state index contributed by atoms with van der Waals surface area (Å²) in [6.07, 6.45) is 0. The first-order chi connectivity index (χ1) is 13.9. The third-order valence-corrected chi connectivity index (χ3v) is 5.65. The van der Waals surface area contributed by atoms with Crippen LogP contribution in [0.3, 0.4) is 0 Å². The molecule has 2 aromatic carbocycles. The van der Waals surface area contributed by atoms with Crippen molar-refractivity contribution in [2.24, 2.45) is 5.14 Å². The Kier molecular flexibility index (Phi) is 6.22. The molecular formula is C21H26N3O6S. The molecular weight excluding hydrogens is 422 g/mol. The number of amides is 1. The smallest absolute Gasteiger partial charge is 0.270 e. The van der Waals surface area contributed by atoms with Crippen LogP contribution in [0.5, 0.6) is 5.75 Å². The Bertz CT molecular complexity index is 1120. The second-order valence-corrected chi connectivity index (χ2v) is 10.9. The molecule has 10 heteroatoms. The van der Waals surface area contributed by atoms with Crippen LogP contribution < -0.4 is 10.5 Å². The van der Waals surface area contributed by atoms with Gasteiger partial charge in [0.25, 0.3) is 11.6 Å². The summed E-state index contributed by atoms with van der Waals surface area (Å²) < 4.78 is 23.8. The lowest BCUT2D eigenvalue weighted by Gasteiger charge is -2.26. The lowest BCUT2D eigenvalue weighted by molar-refractivity contribution is -0.385. The predicted octanol–water partition coefficient (Wildman–Crippen LogP) is 4.23. The van der Waals surface area contributed by atoms with E-state index >= 15 is 0 Å². The van der Waals surface area contributed by atoms with Crippen molar-refractivity contribution in [3.05, 3.63) is 57.1 Å². The van der Waals surface area contributed by atoms with Gasteiger partial charge in [0.05, 0.1) is 10.6 Å². The van der Waals surface area contributed by atoms with Crippen LogP contribution in [-0.4, -0.2) is 19.2 Å². The van der Waals surface area contributed by atoms with Gasteiger partial charge < -0.3 is 5.32 Å². The number of non-ortho nitro benzene ring substituents is 1. The van der Waals surface area contributed by atoms with Crippen molar-refractivity contribution in [3.63, 3.8) is 0 Å². The second-order valence-electron chi connectivity index (χ2n) is 9.34. The maximum absolute atomic E-state index is 13.0. The van der Waals surface area contributed by atoms with Crippen LogP contribution in [0.25, 0.3) is 0 Å². The van der Waals surface area contributed by atoms with Gasteiger partial charge in [-0.15, -0.1) is 0 Å². The number of rotatable bonds is 4. The van der Waals surface area contributed by atoms with Gasteiger partial charge in [0.1, 0.15) is 4.90 Å². The molecule has 0 atom stereocenters. The maximum Gasteiger partial charge on any atom is 0.270 e. The Hall–Kier alpha value is -2.98. The largest absolute Gasteiger partial charge is 0.321 e. The number of hydrogen-bond donors (Lipinski definition) is 2. The normalized spacial score (nSPS) is 12.5. The van der Waals surface area contributed by atoms with E-state index < -0.39 is 42.3 Å².